The standard InChI is InChI=1S/C14H21N3O3/c1-14(2,13(16)19)9-17-12(18)8-20-11-6-4-3-5-10(11)7-15/h3-6H,7-9,15H2,1-2H3,(H2,16,19)(H,17,18). The molecule has 0 bridgehead atoms. The number of carbonyl (C=O) groups excluding carboxylic acids is 2. The number of carbonyl (C=O) groups is 2. The molecule has 6 heteroatoms. The lowest BCUT2D eigenvalue weighted by Crippen LogP contribution is -2.43. The van der Waals surface area contributed by atoms with Crippen molar-refractivity contribution in [3.8, 4) is 5.75 Å². The second kappa shape index (κ2) is 6.91. The first-order valence-corrected chi connectivity index (χ1v) is 6.34. The number of nitrogens with one attached hydrogen (secondary N) is 1. The highest BCUT2D eigenvalue weighted by atomic mass is 16.5. The molecule has 0 aliphatic rings. The van der Waals surface area contributed by atoms with Gasteiger partial charge in [0.05, 0.1) is 5.41 Å². The van der Waals surface area contributed by atoms with Gasteiger partial charge in [0, 0.05) is 18.7 Å². The molecule has 2 amide bonds. The van der Waals surface area contributed by atoms with Crippen molar-refractivity contribution in [2.24, 2.45) is 16.9 Å². The largest absolute Gasteiger partial charge is 0.483 e. The van der Waals surface area contributed by atoms with E-state index in [4.69, 9.17) is 16.2 Å². The Morgan fingerprint density at radius 2 is 1.95 bits per heavy atom. The monoisotopic (exact) mass is 279 g/mol. The molecule has 6 nitrogen and oxygen atoms in total. The minimum absolute atomic E-state index is 0.133. The maximum Gasteiger partial charge on any atom is 0.257 e. The number of hydrogen-bond acceptors (Lipinski definition) is 4. The summed E-state index contributed by atoms with van der Waals surface area (Å²) in [5.41, 5.74) is 10.8. The number of ether oxygens (including phenoxy) is 1. The third-order valence-corrected chi connectivity index (χ3v) is 2.95. The molecule has 0 saturated carbocycles. The summed E-state index contributed by atoms with van der Waals surface area (Å²) in [6.07, 6.45) is 0. The summed E-state index contributed by atoms with van der Waals surface area (Å²) in [6, 6.07) is 7.25. The first-order valence-electron chi connectivity index (χ1n) is 6.34. The van der Waals surface area contributed by atoms with Crippen LogP contribution in [0.25, 0.3) is 0 Å². The van der Waals surface area contributed by atoms with Crippen molar-refractivity contribution in [3.05, 3.63) is 29.8 Å². The minimum atomic E-state index is -0.787. The number of hydrogen-bond donors (Lipinski definition) is 3. The normalized spacial score (nSPS) is 10.9. The third-order valence-electron chi connectivity index (χ3n) is 2.95. The lowest BCUT2D eigenvalue weighted by Gasteiger charge is -2.20. The maximum atomic E-state index is 11.7. The fraction of sp³-hybridized carbons (Fsp3) is 0.429. The fourth-order valence-electron chi connectivity index (χ4n) is 1.41. The molecule has 0 radical (unpaired) electrons. The predicted octanol–water partition coefficient (Wildman–Crippen LogP) is 0.152. The molecule has 0 unspecified atom stereocenters. The second-order valence-electron chi connectivity index (χ2n) is 5.13. The molecule has 0 saturated heterocycles. The van der Waals surface area contributed by atoms with Crippen LogP contribution in [0.15, 0.2) is 24.3 Å². The van der Waals surface area contributed by atoms with Crippen LogP contribution >= 0.6 is 0 Å². The topological polar surface area (TPSA) is 107 Å². The van der Waals surface area contributed by atoms with Gasteiger partial charge in [-0.2, -0.15) is 0 Å². The molecular formula is C14H21N3O3. The molecule has 5 N–H and O–H groups in total. The van der Waals surface area contributed by atoms with Gasteiger partial charge in [-0.15, -0.1) is 0 Å². The van der Waals surface area contributed by atoms with Crippen molar-refractivity contribution in [1.29, 1.82) is 0 Å². The smallest absolute Gasteiger partial charge is 0.257 e. The van der Waals surface area contributed by atoms with Crippen LogP contribution in [0.3, 0.4) is 0 Å². The maximum absolute atomic E-state index is 11.7. The van der Waals surface area contributed by atoms with Crippen LogP contribution in [0.5, 0.6) is 5.75 Å². The summed E-state index contributed by atoms with van der Waals surface area (Å²) >= 11 is 0. The highest BCUT2D eigenvalue weighted by Crippen LogP contribution is 2.17. The zero-order valence-corrected chi connectivity index (χ0v) is 11.8. The molecule has 0 aliphatic heterocycles. The molecule has 0 heterocycles. The summed E-state index contributed by atoms with van der Waals surface area (Å²) in [6.45, 7) is 3.71. The number of para-hydroxylation sites is 1. The summed E-state index contributed by atoms with van der Waals surface area (Å²) in [4.78, 5) is 22.8. The van der Waals surface area contributed by atoms with E-state index in [0.717, 1.165) is 5.56 Å². The summed E-state index contributed by atoms with van der Waals surface area (Å²) < 4.78 is 5.41. The van der Waals surface area contributed by atoms with Gasteiger partial charge < -0.3 is 21.5 Å². The molecule has 20 heavy (non-hydrogen) atoms. The van der Waals surface area contributed by atoms with Crippen molar-refractivity contribution in [2.75, 3.05) is 13.2 Å². The number of nitrogens with two attached hydrogens (primary N) is 2. The molecule has 0 spiro atoms. The van der Waals surface area contributed by atoms with Gasteiger partial charge in [0.15, 0.2) is 6.61 Å². The quantitative estimate of drug-likeness (QED) is 0.660. The van der Waals surface area contributed by atoms with E-state index in [1.807, 2.05) is 18.2 Å². The van der Waals surface area contributed by atoms with Gasteiger partial charge in [-0.1, -0.05) is 18.2 Å². The van der Waals surface area contributed by atoms with E-state index in [-0.39, 0.29) is 19.1 Å². The highest BCUT2D eigenvalue weighted by molar-refractivity contribution is 5.82. The average Bonchev–Trinajstić information content (AvgIpc) is 2.43. The minimum Gasteiger partial charge on any atom is -0.483 e. The number of primary amides is 1. The Bertz CT molecular complexity index is 486. The van der Waals surface area contributed by atoms with E-state index < -0.39 is 11.3 Å². The first kappa shape index (κ1) is 16.0. The summed E-state index contributed by atoms with van der Waals surface area (Å²) in [5.74, 6) is -0.197. The molecule has 0 aliphatic carbocycles. The van der Waals surface area contributed by atoms with Gasteiger partial charge in [0.1, 0.15) is 5.75 Å². The van der Waals surface area contributed by atoms with E-state index in [1.54, 1.807) is 19.9 Å². The molecule has 1 aromatic rings. The number of rotatable bonds is 7. The molecule has 0 aromatic heterocycles. The Morgan fingerprint density at radius 1 is 1.30 bits per heavy atom. The van der Waals surface area contributed by atoms with Crippen molar-refractivity contribution in [2.45, 2.75) is 20.4 Å². The van der Waals surface area contributed by atoms with Crippen molar-refractivity contribution >= 4 is 11.8 Å². The van der Waals surface area contributed by atoms with Crippen LogP contribution in [-0.2, 0) is 16.1 Å². The van der Waals surface area contributed by atoms with Gasteiger partial charge in [-0.25, -0.2) is 0 Å². The first-order chi connectivity index (χ1) is 9.36. The average molecular weight is 279 g/mol. The Kier molecular flexibility index (Phi) is 5.52. The summed E-state index contributed by atoms with van der Waals surface area (Å²) in [7, 11) is 0. The van der Waals surface area contributed by atoms with E-state index in [2.05, 4.69) is 5.32 Å². The molecule has 1 aromatic carbocycles. The van der Waals surface area contributed by atoms with Crippen LogP contribution in [-0.4, -0.2) is 25.0 Å². The van der Waals surface area contributed by atoms with Crippen LogP contribution in [0, 0.1) is 5.41 Å². The van der Waals surface area contributed by atoms with Crippen molar-refractivity contribution in [3.63, 3.8) is 0 Å². The Balaban J connectivity index is 2.46. The fourth-order valence-corrected chi connectivity index (χ4v) is 1.41. The van der Waals surface area contributed by atoms with Crippen molar-refractivity contribution in [1.82, 2.24) is 5.32 Å². The van der Waals surface area contributed by atoms with Gasteiger partial charge in [-0.05, 0) is 19.9 Å². The number of amides is 2. The van der Waals surface area contributed by atoms with E-state index >= 15 is 0 Å². The Hall–Kier alpha value is -2.08. The van der Waals surface area contributed by atoms with E-state index in [1.165, 1.54) is 0 Å². The zero-order chi connectivity index (χ0) is 15.2. The predicted molar refractivity (Wildman–Crippen MR) is 75.8 cm³/mol. The zero-order valence-electron chi connectivity index (χ0n) is 11.8. The van der Waals surface area contributed by atoms with Crippen LogP contribution in [0.4, 0.5) is 0 Å². The Labute approximate surface area is 118 Å². The van der Waals surface area contributed by atoms with Crippen LogP contribution in [0.1, 0.15) is 19.4 Å². The number of benzene rings is 1. The highest BCUT2D eigenvalue weighted by Gasteiger charge is 2.25. The SMILES string of the molecule is CC(C)(CNC(=O)COc1ccccc1CN)C(N)=O. The van der Waals surface area contributed by atoms with E-state index in [9.17, 15) is 9.59 Å². The van der Waals surface area contributed by atoms with Gasteiger partial charge in [-0.3, -0.25) is 9.59 Å². The van der Waals surface area contributed by atoms with E-state index in [0.29, 0.717) is 12.3 Å². The molecule has 110 valence electrons. The second-order valence-corrected chi connectivity index (χ2v) is 5.13. The van der Waals surface area contributed by atoms with Crippen LogP contribution in [0.2, 0.25) is 0 Å². The Morgan fingerprint density at radius 3 is 2.55 bits per heavy atom. The van der Waals surface area contributed by atoms with Gasteiger partial charge in [0.2, 0.25) is 5.91 Å². The molecular weight excluding hydrogens is 258 g/mol. The van der Waals surface area contributed by atoms with Gasteiger partial charge in [0.25, 0.3) is 5.91 Å². The molecule has 0 fully saturated rings. The van der Waals surface area contributed by atoms with Gasteiger partial charge >= 0.3 is 0 Å². The summed E-state index contributed by atoms with van der Waals surface area (Å²) in [5, 5.41) is 2.62. The lowest BCUT2D eigenvalue weighted by atomic mass is 9.93. The molecule has 1 rings (SSSR count). The van der Waals surface area contributed by atoms with Crippen LogP contribution < -0.4 is 21.5 Å². The third kappa shape index (κ3) is 4.55. The molecule has 0 atom stereocenters. The lowest BCUT2D eigenvalue weighted by molar-refractivity contribution is -0.127. The van der Waals surface area contributed by atoms with Crippen molar-refractivity contribution < 1.29 is 14.3 Å².